The minimum absolute atomic E-state index is 0.108. The zero-order valence-corrected chi connectivity index (χ0v) is 12.2. The van der Waals surface area contributed by atoms with Gasteiger partial charge in [-0.1, -0.05) is 0 Å². The molecule has 2 aromatic rings. The smallest absolute Gasteiger partial charge is 0.337 e. The largest absolute Gasteiger partial charge is 0.478 e. The van der Waals surface area contributed by atoms with E-state index in [2.05, 4.69) is 9.97 Å². The fourth-order valence-electron chi connectivity index (χ4n) is 1.95. The second-order valence-corrected chi connectivity index (χ2v) is 4.97. The van der Waals surface area contributed by atoms with E-state index in [1.54, 1.807) is 12.1 Å². The summed E-state index contributed by atoms with van der Waals surface area (Å²) in [4.78, 5) is 30.6. The third-order valence-corrected chi connectivity index (χ3v) is 3.53. The van der Waals surface area contributed by atoms with Crippen molar-refractivity contribution < 1.29 is 14.7 Å². The van der Waals surface area contributed by atoms with Gasteiger partial charge in [-0.05, 0) is 24.0 Å². The number of nitriles is 1. The summed E-state index contributed by atoms with van der Waals surface area (Å²) in [7, 11) is 0. The van der Waals surface area contributed by atoms with Gasteiger partial charge >= 0.3 is 5.97 Å². The minimum atomic E-state index is -1.25. The highest BCUT2D eigenvalue weighted by molar-refractivity contribution is 7.98. The van der Waals surface area contributed by atoms with Gasteiger partial charge in [0.1, 0.15) is 11.8 Å². The van der Waals surface area contributed by atoms with E-state index in [0.29, 0.717) is 10.6 Å². The van der Waals surface area contributed by atoms with Gasteiger partial charge in [0, 0.05) is 18.0 Å². The number of nitrogens with two attached hydrogens (primary N) is 1. The molecular weight excluding hydrogens is 304 g/mol. The lowest BCUT2D eigenvalue weighted by atomic mass is 9.95. The fourth-order valence-corrected chi connectivity index (χ4v) is 2.36. The molecule has 2 heterocycles. The van der Waals surface area contributed by atoms with Crippen molar-refractivity contribution in [1.82, 2.24) is 9.97 Å². The predicted octanol–water partition coefficient (Wildman–Crippen LogP) is 1.53. The average molecular weight is 314 g/mol. The van der Waals surface area contributed by atoms with E-state index in [-0.39, 0.29) is 22.4 Å². The lowest BCUT2D eigenvalue weighted by Crippen LogP contribution is -2.17. The van der Waals surface area contributed by atoms with E-state index in [4.69, 9.17) is 5.73 Å². The summed E-state index contributed by atoms with van der Waals surface area (Å²) in [5.41, 5.74) is 5.17. The summed E-state index contributed by atoms with van der Waals surface area (Å²) in [6, 6.07) is 5.02. The number of hydrogen-bond donors (Lipinski definition) is 2. The Bertz CT molecular complexity index is 814. The molecule has 0 spiro atoms. The van der Waals surface area contributed by atoms with Gasteiger partial charge in [0.25, 0.3) is 5.91 Å². The molecule has 0 atom stereocenters. The third kappa shape index (κ3) is 2.75. The second-order valence-electron chi connectivity index (χ2n) is 4.14. The standard InChI is InChI=1S/C14H10N4O3S/c1-22-10-4-7(2-3-17-10)11-8(5-15)12(13(16)19)18-6-9(11)14(20)21/h2-4,6H,1H3,(H2,16,19)(H,20,21). The molecule has 0 aliphatic carbocycles. The van der Waals surface area contributed by atoms with Crippen LogP contribution in [0.1, 0.15) is 26.4 Å². The van der Waals surface area contributed by atoms with E-state index in [9.17, 15) is 20.0 Å². The Hall–Kier alpha value is -2.92. The van der Waals surface area contributed by atoms with E-state index in [1.165, 1.54) is 18.0 Å². The van der Waals surface area contributed by atoms with E-state index >= 15 is 0 Å². The van der Waals surface area contributed by atoms with Crippen molar-refractivity contribution in [2.75, 3.05) is 6.26 Å². The van der Waals surface area contributed by atoms with Crippen LogP contribution in [-0.4, -0.2) is 33.2 Å². The van der Waals surface area contributed by atoms with Crippen LogP contribution in [0.25, 0.3) is 11.1 Å². The molecule has 22 heavy (non-hydrogen) atoms. The van der Waals surface area contributed by atoms with Crippen LogP contribution < -0.4 is 5.73 Å². The molecule has 0 unspecified atom stereocenters. The van der Waals surface area contributed by atoms with Crippen LogP contribution in [0.2, 0.25) is 0 Å². The predicted molar refractivity (Wildman–Crippen MR) is 79.4 cm³/mol. The van der Waals surface area contributed by atoms with Crippen molar-refractivity contribution in [3.8, 4) is 17.2 Å². The fraction of sp³-hybridized carbons (Fsp3) is 0.0714. The number of aromatic nitrogens is 2. The molecule has 0 aliphatic heterocycles. The summed E-state index contributed by atoms with van der Waals surface area (Å²) in [5, 5.41) is 19.3. The topological polar surface area (TPSA) is 130 Å². The van der Waals surface area contributed by atoms with Crippen LogP contribution in [0, 0.1) is 11.3 Å². The number of primary amides is 1. The number of hydrogen-bond acceptors (Lipinski definition) is 6. The van der Waals surface area contributed by atoms with Crippen molar-refractivity contribution in [2.45, 2.75) is 5.03 Å². The van der Waals surface area contributed by atoms with Gasteiger partial charge in [-0.2, -0.15) is 5.26 Å². The monoisotopic (exact) mass is 314 g/mol. The number of aromatic carboxylic acids is 1. The molecule has 1 amide bonds. The van der Waals surface area contributed by atoms with E-state index < -0.39 is 11.9 Å². The van der Waals surface area contributed by atoms with Crippen LogP contribution in [0.4, 0.5) is 0 Å². The van der Waals surface area contributed by atoms with Crippen LogP contribution in [0.3, 0.4) is 0 Å². The molecule has 0 bridgehead atoms. The number of thioether (sulfide) groups is 1. The molecule has 7 nitrogen and oxygen atoms in total. The molecule has 0 aliphatic rings. The normalized spacial score (nSPS) is 10.0. The molecule has 3 N–H and O–H groups in total. The Morgan fingerprint density at radius 2 is 2.14 bits per heavy atom. The Kier molecular flexibility index (Phi) is 4.39. The molecule has 0 saturated carbocycles. The number of rotatable bonds is 4. The lowest BCUT2D eigenvalue weighted by Gasteiger charge is -2.11. The van der Waals surface area contributed by atoms with Crippen molar-refractivity contribution in [3.63, 3.8) is 0 Å². The zero-order valence-electron chi connectivity index (χ0n) is 11.4. The first kappa shape index (κ1) is 15.5. The van der Waals surface area contributed by atoms with Crippen LogP contribution in [0.15, 0.2) is 29.6 Å². The Labute approximate surface area is 129 Å². The number of carbonyl (C=O) groups excluding carboxylic acids is 1. The average Bonchev–Trinajstić information content (AvgIpc) is 2.53. The molecule has 0 fully saturated rings. The van der Waals surface area contributed by atoms with Crippen LogP contribution >= 0.6 is 11.8 Å². The quantitative estimate of drug-likeness (QED) is 0.818. The van der Waals surface area contributed by atoms with E-state index in [1.807, 2.05) is 12.3 Å². The van der Waals surface area contributed by atoms with Gasteiger partial charge in [0.15, 0.2) is 0 Å². The number of nitrogens with zero attached hydrogens (tertiary/aromatic N) is 3. The molecule has 0 saturated heterocycles. The highest BCUT2D eigenvalue weighted by Gasteiger charge is 2.23. The first-order valence-corrected chi connectivity index (χ1v) is 7.18. The Balaban J connectivity index is 2.86. The third-order valence-electron chi connectivity index (χ3n) is 2.89. The van der Waals surface area contributed by atoms with Gasteiger partial charge in [-0.3, -0.25) is 4.79 Å². The second kappa shape index (κ2) is 6.24. The first-order valence-electron chi connectivity index (χ1n) is 5.96. The molecule has 2 rings (SSSR count). The summed E-state index contributed by atoms with van der Waals surface area (Å²) < 4.78 is 0. The van der Waals surface area contributed by atoms with Crippen molar-refractivity contribution >= 4 is 23.6 Å². The molecule has 2 aromatic heterocycles. The molecule has 8 heteroatoms. The molecule has 110 valence electrons. The van der Waals surface area contributed by atoms with Crippen LogP contribution in [-0.2, 0) is 0 Å². The number of amides is 1. The lowest BCUT2D eigenvalue weighted by molar-refractivity contribution is 0.0696. The molecule has 0 radical (unpaired) electrons. The maximum Gasteiger partial charge on any atom is 0.337 e. The summed E-state index contributed by atoms with van der Waals surface area (Å²) in [5.74, 6) is -2.15. The minimum Gasteiger partial charge on any atom is -0.478 e. The zero-order chi connectivity index (χ0) is 16.3. The van der Waals surface area contributed by atoms with Gasteiger partial charge in [0.05, 0.1) is 16.2 Å². The van der Waals surface area contributed by atoms with Crippen molar-refractivity contribution in [3.05, 3.63) is 41.3 Å². The highest BCUT2D eigenvalue weighted by Crippen LogP contribution is 2.30. The molecular formula is C14H10N4O3S. The van der Waals surface area contributed by atoms with Gasteiger partial charge < -0.3 is 10.8 Å². The highest BCUT2D eigenvalue weighted by atomic mass is 32.2. The Morgan fingerprint density at radius 1 is 1.41 bits per heavy atom. The number of carbonyl (C=O) groups is 2. The molecule has 0 aromatic carbocycles. The summed E-state index contributed by atoms with van der Waals surface area (Å²) in [6.07, 6.45) is 4.34. The number of carboxylic acids is 1. The first-order chi connectivity index (χ1) is 10.5. The van der Waals surface area contributed by atoms with Crippen molar-refractivity contribution in [2.24, 2.45) is 5.73 Å². The Morgan fingerprint density at radius 3 is 2.68 bits per heavy atom. The summed E-state index contributed by atoms with van der Waals surface area (Å²) >= 11 is 1.37. The maximum absolute atomic E-state index is 11.4. The van der Waals surface area contributed by atoms with Crippen LogP contribution in [0.5, 0.6) is 0 Å². The SMILES string of the molecule is CSc1cc(-c2c(C(=O)O)cnc(C(N)=O)c2C#N)ccn1. The van der Waals surface area contributed by atoms with E-state index in [0.717, 1.165) is 6.20 Å². The van der Waals surface area contributed by atoms with Gasteiger partial charge in [-0.15, -0.1) is 11.8 Å². The van der Waals surface area contributed by atoms with Gasteiger partial charge in [-0.25, -0.2) is 14.8 Å². The summed E-state index contributed by atoms with van der Waals surface area (Å²) in [6.45, 7) is 0. The maximum atomic E-state index is 11.4. The van der Waals surface area contributed by atoms with Crippen molar-refractivity contribution in [1.29, 1.82) is 5.26 Å². The number of carboxylic acid groups (broad SMARTS) is 1. The number of pyridine rings is 2. The van der Waals surface area contributed by atoms with Gasteiger partial charge in [0.2, 0.25) is 0 Å².